The molecule has 0 atom stereocenters. The minimum absolute atomic E-state index is 0.286. The molecule has 2 rings (SSSR count). The number of nitrogens with zero attached hydrogens (tertiary/aromatic N) is 2. The highest BCUT2D eigenvalue weighted by Gasteiger charge is 2.31. The van der Waals surface area contributed by atoms with Gasteiger partial charge in [-0.3, -0.25) is 0 Å². The van der Waals surface area contributed by atoms with Gasteiger partial charge in [-0.05, 0) is 5.41 Å². The van der Waals surface area contributed by atoms with Gasteiger partial charge in [-0.1, -0.05) is 19.9 Å². The van der Waals surface area contributed by atoms with Crippen molar-refractivity contribution < 1.29 is 4.58 Å². The third-order valence-electron chi connectivity index (χ3n) is 3.54. The third kappa shape index (κ3) is 3.32. The van der Waals surface area contributed by atoms with Gasteiger partial charge >= 0.3 is 0 Å². The van der Waals surface area contributed by atoms with E-state index in [-0.39, 0.29) is 5.41 Å². The van der Waals surface area contributed by atoms with Crippen molar-refractivity contribution in [3.05, 3.63) is 11.8 Å². The standard InChI is InChI=1S/C14H26N3/c1-14(2)10-12(15-16(3)4)9-13(11-14)17-7-5-6-8-17/h10,15H,5-9,11H2,1-4H3/q+1. The van der Waals surface area contributed by atoms with Crippen LogP contribution in [0, 0.1) is 5.41 Å². The van der Waals surface area contributed by atoms with E-state index in [4.69, 9.17) is 0 Å². The number of nitrogens with one attached hydrogen (secondary N) is 1. The Balaban J connectivity index is 2.19. The zero-order valence-corrected chi connectivity index (χ0v) is 11.7. The second-order valence-corrected chi connectivity index (χ2v) is 6.28. The lowest BCUT2D eigenvalue weighted by Gasteiger charge is -2.29. The fourth-order valence-corrected chi connectivity index (χ4v) is 3.00. The topological polar surface area (TPSA) is 18.3 Å². The van der Waals surface area contributed by atoms with Gasteiger partial charge < -0.3 is 5.43 Å². The predicted molar refractivity (Wildman–Crippen MR) is 72.2 cm³/mol. The molecule has 0 spiro atoms. The van der Waals surface area contributed by atoms with Crippen LogP contribution in [-0.2, 0) is 0 Å². The molecule has 0 radical (unpaired) electrons. The summed E-state index contributed by atoms with van der Waals surface area (Å²) in [6.07, 6.45) is 7.44. The lowest BCUT2D eigenvalue weighted by Crippen LogP contribution is -2.37. The molecule has 0 aromatic rings. The maximum Gasteiger partial charge on any atom is 0.159 e. The van der Waals surface area contributed by atoms with Crippen molar-refractivity contribution in [1.29, 1.82) is 0 Å². The van der Waals surface area contributed by atoms with E-state index in [9.17, 15) is 0 Å². The summed E-state index contributed by atoms with van der Waals surface area (Å²) in [6, 6.07) is 0. The highest BCUT2D eigenvalue weighted by molar-refractivity contribution is 5.84. The molecule has 1 saturated heterocycles. The zero-order chi connectivity index (χ0) is 12.5. The maximum atomic E-state index is 3.44. The molecule has 2 aliphatic rings. The van der Waals surface area contributed by atoms with Crippen LogP contribution in [0.4, 0.5) is 0 Å². The van der Waals surface area contributed by atoms with Crippen LogP contribution in [-0.4, -0.2) is 42.5 Å². The average Bonchev–Trinajstić information content (AvgIpc) is 2.65. The van der Waals surface area contributed by atoms with Gasteiger partial charge in [0.25, 0.3) is 0 Å². The first-order valence-corrected chi connectivity index (χ1v) is 6.72. The molecule has 1 aliphatic carbocycles. The third-order valence-corrected chi connectivity index (χ3v) is 3.54. The average molecular weight is 236 g/mol. The van der Waals surface area contributed by atoms with E-state index in [1.165, 1.54) is 38.0 Å². The quantitative estimate of drug-likeness (QED) is 0.584. The Kier molecular flexibility index (Phi) is 3.57. The van der Waals surface area contributed by atoms with Crippen molar-refractivity contribution >= 4 is 5.71 Å². The maximum absolute atomic E-state index is 3.44. The molecule has 1 fully saturated rings. The molecular formula is C14H26N3+. The monoisotopic (exact) mass is 236 g/mol. The van der Waals surface area contributed by atoms with E-state index in [1.54, 1.807) is 5.71 Å². The summed E-state index contributed by atoms with van der Waals surface area (Å²) in [5.74, 6) is 0. The molecule has 0 aromatic heterocycles. The number of hydrazine groups is 1. The number of allylic oxidation sites excluding steroid dienone is 2. The van der Waals surface area contributed by atoms with Crippen molar-refractivity contribution in [2.75, 3.05) is 27.2 Å². The number of rotatable bonds is 2. The molecule has 0 aromatic carbocycles. The Morgan fingerprint density at radius 3 is 2.47 bits per heavy atom. The van der Waals surface area contributed by atoms with Gasteiger partial charge in [-0.15, -0.1) is 0 Å². The van der Waals surface area contributed by atoms with Crippen LogP contribution in [0.5, 0.6) is 0 Å². The first-order valence-electron chi connectivity index (χ1n) is 6.72. The Morgan fingerprint density at radius 2 is 1.88 bits per heavy atom. The highest BCUT2D eigenvalue weighted by Crippen LogP contribution is 2.31. The van der Waals surface area contributed by atoms with Gasteiger partial charge in [-0.25, -0.2) is 9.58 Å². The second-order valence-electron chi connectivity index (χ2n) is 6.28. The fraction of sp³-hybridized carbons (Fsp3) is 0.786. The SMILES string of the molecule is CN(C)NC1=CC(C)(C)CC(=[N+]2CCCC2)C1. The van der Waals surface area contributed by atoms with Crippen molar-refractivity contribution in [3.8, 4) is 0 Å². The summed E-state index contributed by atoms with van der Waals surface area (Å²) in [6.45, 7) is 7.19. The van der Waals surface area contributed by atoms with Crippen LogP contribution < -0.4 is 5.43 Å². The highest BCUT2D eigenvalue weighted by atomic mass is 15.5. The Morgan fingerprint density at radius 1 is 1.24 bits per heavy atom. The molecule has 0 amide bonds. The van der Waals surface area contributed by atoms with Crippen molar-refractivity contribution in [2.24, 2.45) is 5.41 Å². The van der Waals surface area contributed by atoms with Gasteiger partial charge in [0.1, 0.15) is 13.1 Å². The zero-order valence-electron chi connectivity index (χ0n) is 11.7. The first kappa shape index (κ1) is 12.6. The molecule has 17 heavy (non-hydrogen) atoms. The summed E-state index contributed by atoms with van der Waals surface area (Å²) in [5, 5.41) is 2.04. The van der Waals surface area contributed by atoms with E-state index >= 15 is 0 Å². The molecule has 96 valence electrons. The summed E-state index contributed by atoms with van der Waals surface area (Å²) in [5.41, 5.74) is 6.70. The van der Waals surface area contributed by atoms with Crippen molar-refractivity contribution in [1.82, 2.24) is 10.4 Å². The van der Waals surface area contributed by atoms with Crippen LogP contribution in [0.15, 0.2) is 11.8 Å². The molecule has 1 heterocycles. The minimum atomic E-state index is 0.286. The number of hydrogen-bond acceptors (Lipinski definition) is 2. The Bertz CT molecular complexity index is 342. The second kappa shape index (κ2) is 4.81. The summed E-state index contributed by atoms with van der Waals surface area (Å²) in [4.78, 5) is 0. The van der Waals surface area contributed by atoms with E-state index in [1.807, 2.05) is 5.01 Å². The van der Waals surface area contributed by atoms with Gasteiger partial charge in [0.2, 0.25) is 0 Å². The van der Waals surface area contributed by atoms with E-state index in [2.05, 4.69) is 44.0 Å². The molecule has 3 heteroatoms. The summed E-state index contributed by atoms with van der Waals surface area (Å²) >= 11 is 0. The Labute approximate surface area is 105 Å². The smallest absolute Gasteiger partial charge is 0.159 e. The lowest BCUT2D eigenvalue weighted by molar-refractivity contribution is -0.508. The molecule has 3 nitrogen and oxygen atoms in total. The normalized spacial score (nSPS) is 24.2. The molecular weight excluding hydrogens is 210 g/mol. The predicted octanol–water partition coefficient (Wildman–Crippen LogP) is 2.00. The van der Waals surface area contributed by atoms with E-state index < -0.39 is 0 Å². The van der Waals surface area contributed by atoms with E-state index in [0.29, 0.717) is 0 Å². The molecule has 0 bridgehead atoms. The molecule has 0 unspecified atom stereocenters. The van der Waals surface area contributed by atoms with Crippen LogP contribution in [0.1, 0.15) is 39.5 Å². The lowest BCUT2D eigenvalue weighted by atomic mass is 9.80. The minimum Gasteiger partial charge on any atom is -0.323 e. The molecule has 0 saturated carbocycles. The van der Waals surface area contributed by atoms with Crippen LogP contribution in [0.2, 0.25) is 0 Å². The van der Waals surface area contributed by atoms with Crippen molar-refractivity contribution in [3.63, 3.8) is 0 Å². The van der Waals surface area contributed by atoms with Gasteiger partial charge in [0, 0.05) is 39.1 Å². The van der Waals surface area contributed by atoms with Crippen LogP contribution in [0.3, 0.4) is 0 Å². The largest absolute Gasteiger partial charge is 0.323 e. The van der Waals surface area contributed by atoms with Crippen molar-refractivity contribution in [2.45, 2.75) is 39.5 Å². The molecule has 1 N–H and O–H groups in total. The fourth-order valence-electron chi connectivity index (χ4n) is 3.00. The summed E-state index contributed by atoms with van der Waals surface area (Å²) in [7, 11) is 4.11. The van der Waals surface area contributed by atoms with Gasteiger partial charge in [0.15, 0.2) is 5.71 Å². The van der Waals surface area contributed by atoms with Crippen LogP contribution in [0.25, 0.3) is 0 Å². The van der Waals surface area contributed by atoms with E-state index in [0.717, 1.165) is 6.42 Å². The molecule has 1 aliphatic heterocycles. The van der Waals surface area contributed by atoms with Crippen LogP contribution >= 0.6 is 0 Å². The summed E-state index contributed by atoms with van der Waals surface area (Å²) < 4.78 is 2.60. The van der Waals surface area contributed by atoms with Gasteiger partial charge in [0.05, 0.1) is 6.42 Å². The number of hydrogen-bond donors (Lipinski definition) is 1. The Hall–Kier alpha value is -0.830. The van der Waals surface area contributed by atoms with Gasteiger partial charge in [-0.2, -0.15) is 0 Å². The first-order chi connectivity index (χ1) is 7.96.